The van der Waals surface area contributed by atoms with E-state index in [1.54, 1.807) is 0 Å². The van der Waals surface area contributed by atoms with Crippen LogP contribution in [0.2, 0.25) is 0 Å². The van der Waals surface area contributed by atoms with Gasteiger partial charge in [0.15, 0.2) is 0 Å². The fourth-order valence-electron chi connectivity index (χ4n) is 21.7. The molecule has 135 heavy (non-hydrogen) atoms. The van der Waals surface area contributed by atoms with Crippen LogP contribution in [-0.4, -0.2) is 15.8 Å². The van der Waals surface area contributed by atoms with E-state index in [0.717, 1.165) is 167 Å². The molecule has 0 fully saturated rings. The lowest BCUT2D eigenvalue weighted by Crippen LogP contribution is -2.61. The van der Waals surface area contributed by atoms with Gasteiger partial charge in [0.05, 0.1) is 33.4 Å². The molecule has 4 aromatic heterocycles. The predicted molar refractivity (Wildman–Crippen MR) is 580 cm³/mol. The molecular weight excluding hydrogens is 1640 g/mol. The maximum atomic E-state index is 7.15. The first-order chi connectivity index (χ1) is 64.0. The second-order valence-electron chi connectivity index (χ2n) is 47.0. The standard InChI is InChI=1S/C128H123BN4O2/c1-121(2,3)80-49-57-104-96(66-80)97-67-81(122(4,5)6)50-58-105(97)130(104)88-53-55-102-108(74-88)132(119-94(76-37-27-25-28-38-76)70-86(127(19,20)21)71-95(119)77-39-29-26-30-40-77)110-63-79(78-61-84(125(13,14)15)65-85(62-78)126(16,17)18)64-111-118(110)129(102)103-56-54-89(131-106-59-51-82(123(7,8)9)68-98(106)99-69-83(124(10,11)12)52-60-107(99)131)75-109(103)133(111)120-100(90-43-35-47-114-116(90)92-41-31-33-45-112(92)134-114)72-87(128(22,23)24)73-101(120)91-44-36-48-115-117(91)93-42-32-34-46-113(93)135-115/h25-75H,1-24H3. The Morgan fingerprint density at radius 2 is 0.511 bits per heavy atom. The van der Waals surface area contributed by atoms with E-state index in [-0.39, 0.29) is 43.3 Å². The number of para-hydroxylation sites is 2. The largest absolute Gasteiger partial charge is 0.456 e. The van der Waals surface area contributed by atoms with Gasteiger partial charge < -0.3 is 27.8 Å². The van der Waals surface area contributed by atoms with Crippen LogP contribution in [0.5, 0.6) is 0 Å². The number of hydrogen-bond acceptors (Lipinski definition) is 4. The summed E-state index contributed by atoms with van der Waals surface area (Å²) in [6, 6.07) is 121. The van der Waals surface area contributed by atoms with Gasteiger partial charge >= 0.3 is 0 Å². The molecule has 0 bridgehead atoms. The third-order valence-corrected chi connectivity index (χ3v) is 29.5. The second kappa shape index (κ2) is 30.4. The molecule has 16 aromatic carbocycles. The third kappa shape index (κ3) is 14.4. The highest BCUT2D eigenvalue weighted by Crippen LogP contribution is 2.59. The molecule has 0 radical (unpaired) electrons. The second-order valence-corrected chi connectivity index (χ2v) is 47.0. The number of hydrogen-bond donors (Lipinski definition) is 0. The summed E-state index contributed by atoms with van der Waals surface area (Å²) >= 11 is 0. The Morgan fingerprint density at radius 1 is 0.207 bits per heavy atom. The Kier molecular flexibility index (Phi) is 19.6. The van der Waals surface area contributed by atoms with E-state index >= 15 is 0 Å². The molecule has 0 saturated heterocycles. The number of rotatable bonds is 9. The normalized spacial score (nSPS) is 13.6. The molecule has 0 unspecified atom stereocenters. The Hall–Kier alpha value is -13.6. The van der Waals surface area contributed by atoms with Gasteiger partial charge in [-0.1, -0.05) is 342 Å². The van der Waals surface area contributed by atoms with Crippen molar-refractivity contribution in [1.82, 2.24) is 9.13 Å². The maximum Gasteiger partial charge on any atom is 0.252 e. The van der Waals surface area contributed by atoms with Crippen molar-refractivity contribution in [3.63, 3.8) is 0 Å². The highest BCUT2D eigenvalue weighted by atomic mass is 16.3. The average molecular weight is 1760 g/mol. The summed E-state index contributed by atoms with van der Waals surface area (Å²) in [6.07, 6.45) is 0. The summed E-state index contributed by atoms with van der Waals surface area (Å²) in [7, 11) is 0. The first-order valence-corrected chi connectivity index (χ1v) is 48.7. The van der Waals surface area contributed by atoms with Crippen LogP contribution < -0.4 is 26.2 Å². The van der Waals surface area contributed by atoms with Gasteiger partial charge in [-0.25, -0.2) is 0 Å². The predicted octanol–water partition coefficient (Wildman–Crippen LogP) is 34.5. The van der Waals surface area contributed by atoms with Crippen molar-refractivity contribution in [1.29, 1.82) is 0 Å². The lowest BCUT2D eigenvalue weighted by atomic mass is 9.33. The van der Waals surface area contributed by atoms with Crippen LogP contribution in [0.4, 0.5) is 34.1 Å². The molecule has 6 heterocycles. The van der Waals surface area contributed by atoms with E-state index in [0.29, 0.717) is 0 Å². The van der Waals surface area contributed by atoms with Gasteiger partial charge in [-0.15, -0.1) is 0 Å². The zero-order valence-corrected chi connectivity index (χ0v) is 83.1. The van der Waals surface area contributed by atoms with Gasteiger partial charge in [-0.3, -0.25) is 0 Å². The van der Waals surface area contributed by atoms with Gasteiger partial charge in [0, 0.05) is 99.5 Å². The zero-order valence-electron chi connectivity index (χ0n) is 83.1. The molecular formula is C128H123BN4O2. The lowest BCUT2D eigenvalue weighted by Gasteiger charge is -2.46. The van der Waals surface area contributed by atoms with Gasteiger partial charge in [0.25, 0.3) is 6.71 Å². The Morgan fingerprint density at radius 3 is 0.859 bits per heavy atom. The van der Waals surface area contributed by atoms with E-state index in [9.17, 15) is 0 Å². The van der Waals surface area contributed by atoms with Crippen molar-refractivity contribution in [3.05, 3.63) is 354 Å². The molecule has 20 aromatic rings. The number of furan rings is 2. The first-order valence-electron chi connectivity index (χ1n) is 48.7. The molecule has 22 rings (SSSR count). The SMILES string of the molecule is CC(C)(C)c1cc(-c2cc3c4c(c2)N(c2c(-c5cccc6oc7ccccc7c56)cc(C(C)(C)C)cc2-c2cccc5oc6ccccc6c25)c2cc(-n5c6ccc(C(C)(C)C)cc6c6cc(C(C)(C)C)ccc65)ccc2B4c2ccc(-n4c5ccc(C(C)(C)C)cc5c5cc(C(C)(C)C)ccc54)cc2N3c2c(-c3ccccc3)cc(C(C)(C)C)cc2-c2ccccc2)cc(C(C)(C)C)c1. The van der Waals surface area contributed by atoms with E-state index in [1.165, 1.54) is 82.4 Å². The molecule has 670 valence electrons. The van der Waals surface area contributed by atoms with Crippen LogP contribution in [0, 0.1) is 0 Å². The van der Waals surface area contributed by atoms with Crippen LogP contribution in [0.3, 0.4) is 0 Å². The highest BCUT2D eigenvalue weighted by Gasteiger charge is 2.47. The van der Waals surface area contributed by atoms with Crippen molar-refractivity contribution >= 4 is 145 Å². The average Bonchev–Trinajstić information content (AvgIpc) is 0.980. The number of fused-ring (bicyclic) bond motifs is 16. The number of benzene rings is 16. The summed E-state index contributed by atoms with van der Waals surface area (Å²) in [5.41, 5.74) is 39.8. The third-order valence-electron chi connectivity index (χ3n) is 29.5. The summed E-state index contributed by atoms with van der Waals surface area (Å²) in [6.45, 7) is 56.3. The van der Waals surface area contributed by atoms with Gasteiger partial charge in [-0.2, -0.15) is 0 Å². The van der Waals surface area contributed by atoms with Crippen LogP contribution in [-0.2, 0) is 43.3 Å². The Labute approximate surface area is 797 Å². The quantitative estimate of drug-likeness (QED) is 0.135. The molecule has 2 aliphatic rings. The van der Waals surface area contributed by atoms with E-state index < -0.39 is 6.71 Å². The fourth-order valence-corrected chi connectivity index (χ4v) is 21.7. The zero-order chi connectivity index (χ0) is 94.3. The van der Waals surface area contributed by atoms with Crippen molar-refractivity contribution < 1.29 is 8.83 Å². The molecule has 0 amide bonds. The van der Waals surface area contributed by atoms with E-state index in [4.69, 9.17) is 8.83 Å². The van der Waals surface area contributed by atoms with Crippen LogP contribution in [0.15, 0.2) is 318 Å². The van der Waals surface area contributed by atoms with Gasteiger partial charge in [0.2, 0.25) is 0 Å². The molecule has 6 nitrogen and oxygen atoms in total. The minimum atomic E-state index is -0.392. The molecule has 0 aliphatic carbocycles. The number of aromatic nitrogens is 2. The summed E-state index contributed by atoms with van der Waals surface area (Å²) in [5.74, 6) is 0. The summed E-state index contributed by atoms with van der Waals surface area (Å²) in [4.78, 5) is 5.58. The van der Waals surface area contributed by atoms with Crippen molar-refractivity contribution in [3.8, 4) is 67.0 Å². The molecule has 7 heteroatoms. The lowest BCUT2D eigenvalue weighted by molar-refractivity contribution is 0.569. The maximum absolute atomic E-state index is 7.15. The van der Waals surface area contributed by atoms with E-state index in [1.807, 2.05) is 0 Å². The van der Waals surface area contributed by atoms with E-state index in [2.05, 4.69) is 494 Å². The Balaban J connectivity index is 0.978. The molecule has 0 spiro atoms. The molecule has 0 atom stereocenters. The summed E-state index contributed by atoms with van der Waals surface area (Å²) in [5, 5.41) is 9.19. The van der Waals surface area contributed by atoms with Gasteiger partial charge in [-0.05, 0) is 271 Å². The minimum absolute atomic E-state index is 0.105. The van der Waals surface area contributed by atoms with Crippen LogP contribution in [0.1, 0.15) is 211 Å². The topological polar surface area (TPSA) is 42.6 Å². The number of anilines is 6. The monoisotopic (exact) mass is 1760 g/mol. The smallest absolute Gasteiger partial charge is 0.252 e. The van der Waals surface area contributed by atoms with Crippen LogP contribution >= 0.6 is 0 Å². The minimum Gasteiger partial charge on any atom is -0.456 e. The molecule has 0 N–H and O–H groups in total. The number of nitrogens with zero attached hydrogens (tertiary/aromatic N) is 4. The fraction of sp³-hybridized carbons (Fsp3) is 0.250. The molecule has 0 saturated carbocycles. The van der Waals surface area contributed by atoms with Crippen molar-refractivity contribution in [2.45, 2.75) is 209 Å². The van der Waals surface area contributed by atoms with Crippen LogP contribution in [0.25, 0.3) is 154 Å². The first kappa shape index (κ1) is 86.8. The highest BCUT2D eigenvalue weighted by molar-refractivity contribution is 7.00. The summed E-state index contributed by atoms with van der Waals surface area (Å²) < 4.78 is 19.5. The molecule has 2 aliphatic heterocycles. The van der Waals surface area contributed by atoms with Crippen molar-refractivity contribution in [2.24, 2.45) is 0 Å². The Bertz CT molecular complexity index is 7940. The van der Waals surface area contributed by atoms with Crippen molar-refractivity contribution in [2.75, 3.05) is 9.80 Å². The van der Waals surface area contributed by atoms with Gasteiger partial charge in [0.1, 0.15) is 22.3 Å².